The van der Waals surface area contributed by atoms with E-state index in [0.29, 0.717) is 17.8 Å². The summed E-state index contributed by atoms with van der Waals surface area (Å²) >= 11 is 0. The molecule has 30 heavy (non-hydrogen) atoms. The van der Waals surface area contributed by atoms with Gasteiger partial charge in [0, 0.05) is 5.41 Å². The molecular formula is C26H40O4. The first-order valence-corrected chi connectivity index (χ1v) is 12.2. The van der Waals surface area contributed by atoms with Crippen LogP contribution in [-0.2, 0) is 9.47 Å². The molecule has 4 nitrogen and oxygen atoms in total. The number of fused-ring (bicyclic) bond motifs is 1. The third-order valence-corrected chi connectivity index (χ3v) is 8.82. The Morgan fingerprint density at radius 2 is 1.83 bits per heavy atom. The van der Waals surface area contributed by atoms with Crippen LogP contribution in [0.3, 0.4) is 0 Å². The molecule has 2 N–H and O–H groups in total. The van der Waals surface area contributed by atoms with Gasteiger partial charge in [-0.15, -0.1) is 0 Å². The summed E-state index contributed by atoms with van der Waals surface area (Å²) in [5.41, 5.74) is 1.27. The van der Waals surface area contributed by atoms with Crippen LogP contribution in [0.1, 0.15) is 73.6 Å². The number of aliphatic hydroxyl groups is 2. The van der Waals surface area contributed by atoms with Crippen molar-refractivity contribution in [3.63, 3.8) is 0 Å². The number of hydrogen-bond donors (Lipinski definition) is 2. The monoisotopic (exact) mass is 416 g/mol. The van der Waals surface area contributed by atoms with Crippen LogP contribution < -0.4 is 0 Å². The van der Waals surface area contributed by atoms with Crippen LogP contribution in [0.2, 0.25) is 0 Å². The molecule has 0 aromatic carbocycles. The summed E-state index contributed by atoms with van der Waals surface area (Å²) in [5, 5.41) is 22.3. The second-order valence-electron chi connectivity index (χ2n) is 12.1. The minimum Gasteiger partial charge on any atom is -0.392 e. The minimum absolute atomic E-state index is 0.0471. The molecule has 0 aromatic heterocycles. The molecule has 0 bridgehead atoms. The van der Waals surface area contributed by atoms with Crippen LogP contribution in [0.5, 0.6) is 0 Å². The van der Waals surface area contributed by atoms with E-state index in [-0.39, 0.29) is 35.6 Å². The van der Waals surface area contributed by atoms with Gasteiger partial charge in [-0.3, -0.25) is 0 Å². The fourth-order valence-electron chi connectivity index (χ4n) is 8.79. The van der Waals surface area contributed by atoms with Crippen LogP contribution in [0.4, 0.5) is 0 Å². The highest BCUT2D eigenvalue weighted by molar-refractivity contribution is 5.58. The van der Waals surface area contributed by atoms with Gasteiger partial charge in [-0.1, -0.05) is 46.3 Å². The van der Waals surface area contributed by atoms with Gasteiger partial charge in [0.25, 0.3) is 0 Å². The molecule has 6 atom stereocenters. The van der Waals surface area contributed by atoms with E-state index in [1.165, 1.54) is 5.57 Å². The van der Waals surface area contributed by atoms with Crippen LogP contribution in [0.15, 0.2) is 23.3 Å². The van der Waals surface area contributed by atoms with Crippen molar-refractivity contribution in [1.29, 1.82) is 0 Å². The molecule has 4 fully saturated rings. The Balaban J connectivity index is 1.61. The van der Waals surface area contributed by atoms with Crippen molar-refractivity contribution < 1.29 is 19.7 Å². The maximum Gasteiger partial charge on any atom is 0.164 e. The molecule has 5 aliphatic rings. The summed E-state index contributed by atoms with van der Waals surface area (Å²) in [4.78, 5) is 0. The van der Waals surface area contributed by atoms with Crippen LogP contribution in [-0.4, -0.2) is 39.9 Å². The van der Waals surface area contributed by atoms with Gasteiger partial charge < -0.3 is 19.7 Å². The van der Waals surface area contributed by atoms with E-state index in [4.69, 9.17) is 9.47 Å². The summed E-state index contributed by atoms with van der Waals surface area (Å²) in [7, 11) is 0. The van der Waals surface area contributed by atoms with Gasteiger partial charge in [-0.05, 0) is 80.3 Å². The molecule has 4 heteroatoms. The molecule has 0 unspecified atom stereocenters. The van der Waals surface area contributed by atoms with Gasteiger partial charge in [-0.2, -0.15) is 0 Å². The largest absolute Gasteiger partial charge is 0.392 e. The van der Waals surface area contributed by atoms with E-state index >= 15 is 0 Å². The van der Waals surface area contributed by atoms with Gasteiger partial charge in [0.15, 0.2) is 5.79 Å². The summed E-state index contributed by atoms with van der Waals surface area (Å²) in [6.07, 6.45) is 9.34. The van der Waals surface area contributed by atoms with Gasteiger partial charge in [0.2, 0.25) is 0 Å². The number of aliphatic hydroxyl groups excluding tert-OH is 1. The zero-order valence-corrected chi connectivity index (χ0v) is 19.6. The zero-order chi connectivity index (χ0) is 21.7. The SMILES string of the molecule is CC(C)CC(O)(CC(C)C)[C@H]1[C@H]2C=CC(CO)=C3[C@@H]4OC(C)(C)O[C@@]45CCC[C@H]1[C@]325. The third kappa shape index (κ3) is 2.37. The highest BCUT2D eigenvalue weighted by Crippen LogP contribution is 2.83. The summed E-state index contributed by atoms with van der Waals surface area (Å²) < 4.78 is 13.2. The maximum absolute atomic E-state index is 12.1. The van der Waals surface area contributed by atoms with Gasteiger partial charge in [-0.25, -0.2) is 0 Å². The maximum atomic E-state index is 12.1. The number of allylic oxidation sites excluding steroid dienone is 1. The lowest BCUT2D eigenvalue weighted by Crippen LogP contribution is -2.84. The van der Waals surface area contributed by atoms with Crippen molar-refractivity contribution in [2.45, 2.75) is 96.7 Å². The van der Waals surface area contributed by atoms with E-state index in [9.17, 15) is 10.2 Å². The molecule has 5 rings (SSSR count). The van der Waals surface area contributed by atoms with Crippen molar-refractivity contribution >= 4 is 0 Å². The molecule has 168 valence electrons. The number of ether oxygens (including phenoxy) is 2. The Morgan fingerprint density at radius 3 is 2.43 bits per heavy atom. The molecule has 2 spiro atoms. The van der Waals surface area contributed by atoms with Gasteiger partial charge in [0.05, 0.1) is 12.2 Å². The molecule has 0 aromatic rings. The summed E-state index contributed by atoms with van der Waals surface area (Å²) in [6, 6.07) is 0. The van der Waals surface area contributed by atoms with E-state index < -0.39 is 11.4 Å². The standard InChI is InChI=1S/C26H40O4/c1-15(2)12-24(28,13-16(3)4)21-18-8-7-11-25-22(29-23(5,6)30-25)20-17(14-27)9-10-19(21)26(18,20)25/h9-10,15-16,18-19,21-22,27-28H,7-8,11-14H2,1-6H3/t18-,19-,21-,22+,25+,26-/m1/s1. The van der Waals surface area contributed by atoms with Crippen LogP contribution in [0.25, 0.3) is 0 Å². The molecule has 4 aliphatic carbocycles. The molecular weight excluding hydrogens is 376 g/mol. The molecule has 1 saturated heterocycles. The first-order valence-electron chi connectivity index (χ1n) is 12.2. The quantitative estimate of drug-likeness (QED) is 0.664. The predicted octanol–water partition coefficient (Wildman–Crippen LogP) is 4.60. The lowest BCUT2D eigenvalue weighted by atomic mass is 9.25. The van der Waals surface area contributed by atoms with Crippen molar-refractivity contribution in [3.05, 3.63) is 23.3 Å². The zero-order valence-electron chi connectivity index (χ0n) is 19.6. The van der Waals surface area contributed by atoms with E-state index in [0.717, 1.165) is 37.7 Å². The highest BCUT2D eigenvalue weighted by atomic mass is 16.8. The van der Waals surface area contributed by atoms with Crippen LogP contribution >= 0.6 is 0 Å². The average Bonchev–Trinajstić information content (AvgIpc) is 2.80. The predicted molar refractivity (Wildman–Crippen MR) is 117 cm³/mol. The fraction of sp³-hybridized carbons (Fsp3) is 0.846. The van der Waals surface area contributed by atoms with Crippen LogP contribution in [0, 0.1) is 35.0 Å². The molecule has 1 heterocycles. The Morgan fingerprint density at radius 1 is 1.17 bits per heavy atom. The summed E-state index contributed by atoms with van der Waals surface area (Å²) in [5.74, 6) is 1.22. The molecule has 0 amide bonds. The van der Waals surface area contributed by atoms with E-state index in [1.54, 1.807) is 0 Å². The molecule has 3 saturated carbocycles. The van der Waals surface area contributed by atoms with Crippen molar-refractivity contribution in [3.8, 4) is 0 Å². The van der Waals surface area contributed by atoms with Gasteiger partial charge in [0.1, 0.15) is 11.7 Å². The van der Waals surface area contributed by atoms with Crippen molar-refractivity contribution in [1.82, 2.24) is 0 Å². The lowest BCUT2D eigenvalue weighted by molar-refractivity contribution is -0.321. The number of hydrogen-bond acceptors (Lipinski definition) is 4. The Bertz CT molecular complexity index is 783. The first-order chi connectivity index (χ1) is 14.0. The second kappa shape index (κ2) is 6.43. The Hall–Kier alpha value is -0.680. The van der Waals surface area contributed by atoms with Crippen molar-refractivity contribution in [2.75, 3.05) is 6.61 Å². The highest BCUT2D eigenvalue weighted by Gasteiger charge is 2.87. The molecule has 0 radical (unpaired) electrons. The smallest absolute Gasteiger partial charge is 0.164 e. The topological polar surface area (TPSA) is 58.9 Å². The number of rotatable bonds is 6. The van der Waals surface area contributed by atoms with Crippen molar-refractivity contribution in [2.24, 2.45) is 35.0 Å². The van der Waals surface area contributed by atoms with Gasteiger partial charge >= 0.3 is 0 Å². The normalized spacial score (nSPS) is 43.3. The Labute approximate surface area is 181 Å². The Kier molecular flexibility index (Phi) is 4.54. The fourth-order valence-corrected chi connectivity index (χ4v) is 8.79. The summed E-state index contributed by atoms with van der Waals surface area (Å²) in [6.45, 7) is 13.0. The van der Waals surface area contributed by atoms with E-state index in [2.05, 4.69) is 39.8 Å². The average molecular weight is 417 g/mol. The second-order valence-corrected chi connectivity index (χ2v) is 12.1. The lowest BCUT2D eigenvalue weighted by Gasteiger charge is -2.80. The van der Waals surface area contributed by atoms with E-state index in [1.807, 2.05) is 13.8 Å². The molecule has 1 aliphatic heterocycles. The first kappa shape index (κ1) is 21.2. The third-order valence-electron chi connectivity index (χ3n) is 8.82. The minimum atomic E-state index is -0.659.